The van der Waals surface area contributed by atoms with E-state index in [-0.39, 0.29) is 18.1 Å². The van der Waals surface area contributed by atoms with Crippen LogP contribution in [0.25, 0.3) is 0 Å². The molecule has 144 valence electrons. The molecule has 1 N–H and O–H groups in total. The first kappa shape index (κ1) is 19.2. The van der Waals surface area contributed by atoms with Crippen LogP contribution in [0.1, 0.15) is 27.0 Å². The molecule has 1 aliphatic heterocycles. The Morgan fingerprint density at radius 1 is 1.15 bits per heavy atom. The average molecular weight is 398 g/mol. The zero-order chi connectivity index (χ0) is 19.8. The van der Waals surface area contributed by atoms with E-state index in [9.17, 15) is 26.4 Å². The maximum atomic E-state index is 12.7. The minimum atomic E-state index is -5.54. The van der Waals surface area contributed by atoms with E-state index in [1.165, 1.54) is 17.0 Å². The number of rotatable bonds is 4. The summed E-state index contributed by atoms with van der Waals surface area (Å²) in [4.78, 5) is 14.2. The lowest BCUT2D eigenvalue weighted by Crippen LogP contribution is -2.37. The fraction of sp³-hybridized carbons (Fsp3) is 0.278. The number of anilines is 1. The highest BCUT2D eigenvalue weighted by molar-refractivity contribution is 7.93. The number of alkyl halides is 3. The van der Waals surface area contributed by atoms with Gasteiger partial charge in [0.15, 0.2) is 0 Å². The van der Waals surface area contributed by atoms with Crippen molar-refractivity contribution in [2.75, 3.05) is 11.3 Å². The van der Waals surface area contributed by atoms with Gasteiger partial charge in [0.25, 0.3) is 5.91 Å². The highest BCUT2D eigenvalue weighted by Gasteiger charge is 2.46. The number of aryl methyl sites for hydroxylation is 1. The molecule has 1 heterocycles. The van der Waals surface area contributed by atoms with Gasteiger partial charge >= 0.3 is 15.5 Å². The number of carbonyl (C=O) groups excluding carboxylic acids is 1. The first-order valence-corrected chi connectivity index (χ1v) is 9.62. The van der Waals surface area contributed by atoms with Gasteiger partial charge in [-0.3, -0.25) is 9.52 Å². The summed E-state index contributed by atoms with van der Waals surface area (Å²) >= 11 is 0. The predicted molar refractivity (Wildman–Crippen MR) is 94.7 cm³/mol. The number of hydrogen-bond donors (Lipinski definition) is 1. The molecule has 9 heteroatoms. The Kier molecular flexibility index (Phi) is 4.90. The minimum absolute atomic E-state index is 0.00452. The number of carbonyl (C=O) groups is 1. The Morgan fingerprint density at radius 2 is 1.85 bits per heavy atom. The van der Waals surface area contributed by atoms with E-state index in [1.807, 2.05) is 12.1 Å². The standard InChI is InChI=1S/C18H17F3N2O3S/c1-12-6-7-16(22-27(25,26)18(19,20)21)14(10-12)11-23-9-8-13-4-2-3-5-15(13)17(23)24/h2-7,10,22H,8-9,11H2,1H3. The molecular formula is C18H17F3N2O3S. The Balaban J connectivity index is 1.90. The second-order valence-corrected chi connectivity index (χ2v) is 8.02. The first-order valence-electron chi connectivity index (χ1n) is 8.14. The third kappa shape index (κ3) is 3.92. The van der Waals surface area contributed by atoms with Crippen molar-refractivity contribution in [1.29, 1.82) is 0 Å². The average Bonchev–Trinajstić information content (AvgIpc) is 2.59. The van der Waals surface area contributed by atoms with Crippen LogP contribution in [0.15, 0.2) is 42.5 Å². The first-order chi connectivity index (χ1) is 12.6. The Morgan fingerprint density at radius 3 is 2.56 bits per heavy atom. The van der Waals surface area contributed by atoms with Gasteiger partial charge in [0.1, 0.15) is 0 Å². The highest BCUT2D eigenvalue weighted by atomic mass is 32.2. The molecule has 0 fully saturated rings. The van der Waals surface area contributed by atoms with E-state index >= 15 is 0 Å². The van der Waals surface area contributed by atoms with Gasteiger partial charge < -0.3 is 4.90 Å². The van der Waals surface area contributed by atoms with E-state index < -0.39 is 15.5 Å². The van der Waals surface area contributed by atoms with Crippen molar-refractivity contribution < 1.29 is 26.4 Å². The fourth-order valence-corrected chi connectivity index (χ4v) is 3.59. The van der Waals surface area contributed by atoms with Crippen molar-refractivity contribution in [3.63, 3.8) is 0 Å². The van der Waals surface area contributed by atoms with Crippen LogP contribution in [0.2, 0.25) is 0 Å². The lowest BCUT2D eigenvalue weighted by atomic mass is 9.98. The van der Waals surface area contributed by atoms with Crippen LogP contribution in [0, 0.1) is 6.92 Å². The fourth-order valence-electron chi connectivity index (χ4n) is 2.99. The third-order valence-electron chi connectivity index (χ3n) is 4.36. The maximum absolute atomic E-state index is 12.7. The topological polar surface area (TPSA) is 66.5 Å². The molecule has 0 spiro atoms. The number of nitrogens with zero attached hydrogens (tertiary/aromatic N) is 1. The predicted octanol–water partition coefficient (Wildman–Crippen LogP) is 3.46. The van der Waals surface area contributed by atoms with Gasteiger partial charge in [-0.2, -0.15) is 21.6 Å². The molecule has 3 rings (SSSR count). The van der Waals surface area contributed by atoms with Gasteiger partial charge in [-0.05, 0) is 36.6 Å². The van der Waals surface area contributed by atoms with Crippen LogP contribution in [-0.4, -0.2) is 31.3 Å². The van der Waals surface area contributed by atoms with Crippen molar-refractivity contribution in [2.24, 2.45) is 0 Å². The van der Waals surface area contributed by atoms with Crippen molar-refractivity contribution in [3.8, 4) is 0 Å². The van der Waals surface area contributed by atoms with Crippen LogP contribution in [0.5, 0.6) is 0 Å². The molecule has 0 unspecified atom stereocenters. The van der Waals surface area contributed by atoms with E-state index in [0.29, 0.717) is 24.1 Å². The molecule has 2 aromatic carbocycles. The molecule has 5 nitrogen and oxygen atoms in total. The summed E-state index contributed by atoms with van der Waals surface area (Å²) in [5, 5.41) is 0. The summed E-state index contributed by atoms with van der Waals surface area (Å²) < 4.78 is 62.6. The normalized spacial score (nSPS) is 14.8. The van der Waals surface area contributed by atoms with Crippen LogP contribution < -0.4 is 4.72 Å². The summed E-state index contributed by atoms with van der Waals surface area (Å²) in [6.07, 6.45) is 0.622. The van der Waals surface area contributed by atoms with E-state index in [4.69, 9.17) is 0 Å². The molecule has 27 heavy (non-hydrogen) atoms. The molecule has 0 aromatic heterocycles. The molecule has 1 amide bonds. The largest absolute Gasteiger partial charge is 0.516 e. The summed E-state index contributed by atoms with van der Waals surface area (Å²) in [7, 11) is -5.54. The van der Waals surface area contributed by atoms with E-state index in [0.717, 1.165) is 11.1 Å². The van der Waals surface area contributed by atoms with Crippen LogP contribution in [0.4, 0.5) is 18.9 Å². The van der Waals surface area contributed by atoms with Gasteiger partial charge in [-0.15, -0.1) is 0 Å². The van der Waals surface area contributed by atoms with Gasteiger partial charge in [0, 0.05) is 18.7 Å². The van der Waals surface area contributed by atoms with Crippen LogP contribution in [-0.2, 0) is 23.0 Å². The number of amides is 1. The number of fused-ring (bicyclic) bond motifs is 1. The van der Waals surface area contributed by atoms with Crippen molar-refractivity contribution in [3.05, 3.63) is 64.7 Å². The zero-order valence-corrected chi connectivity index (χ0v) is 15.2. The highest BCUT2D eigenvalue weighted by Crippen LogP contribution is 2.29. The molecule has 1 aliphatic rings. The monoisotopic (exact) mass is 398 g/mol. The number of hydrogen-bond acceptors (Lipinski definition) is 3. The van der Waals surface area contributed by atoms with Gasteiger partial charge in [0.05, 0.1) is 5.69 Å². The molecular weight excluding hydrogens is 381 g/mol. The van der Waals surface area contributed by atoms with E-state index in [1.54, 1.807) is 29.8 Å². The van der Waals surface area contributed by atoms with Gasteiger partial charge in [-0.25, -0.2) is 0 Å². The summed E-state index contributed by atoms with van der Waals surface area (Å²) in [5.74, 6) is -0.233. The van der Waals surface area contributed by atoms with Crippen LogP contribution >= 0.6 is 0 Å². The third-order valence-corrected chi connectivity index (χ3v) is 5.46. The second-order valence-electron chi connectivity index (χ2n) is 6.35. The minimum Gasteiger partial charge on any atom is -0.334 e. The number of sulfonamides is 1. The molecule has 2 aromatic rings. The SMILES string of the molecule is Cc1ccc(NS(=O)(=O)C(F)(F)F)c(CN2CCc3ccccc3C2=O)c1. The van der Waals surface area contributed by atoms with Crippen molar-refractivity contribution in [1.82, 2.24) is 4.90 Å². The van der Waals surface area contributed by atoms with Crippen molar-refractivity contribution >= 4 is 21.6 Å². The van der Waals surface area contributed by atoms with E-state index in [2.05, 4.69) is 0 Å². The number of benzene rings is 2. The van der Waals surface area contributed by atoms with Gasteiger partial charge in [-0.1, -0.05) is 35.9 Å². The molecule has 0 aliphatic carbocycles. The molecule has 0 bridgehead atoms. The lowest BCUT2D eigenvalue weighted by Gasteiger charge is -2.29. The smallest absolute Gasteiger partial charge is 0.334 e. The molecule has 0 saturated carbocycles. The summed E-state index contributed by atoms with van der Waals surface area (Å²) in [5.41, 5.74) is -3.10. The second kappa shape index (κ2) is 6.88. The molecule has 0 atom stereocenters. The number of halogens is 3. The van der Waals surface area contributed by atoms with Gasteiger partial charge in [0.2, 0.25) is 0 Å². The molecule has 0 saturated heterocycles. The zero-order valence-electron chi connectivity index (χ0n) is 14.4. The molecule has 0 radical (unpaired) electrons. The quantitative estimate of drug-likeness (QED) is 0.858. The maximum Gasteiger partial charge on any atom is 0.516 e. The Labute approximate surface area is 154 Å². The van der Waals surface area contributed by atoms with Crippen molar-refractivity contribution in [2.45, 2.75) is 25.4 Å². The lowest BCUT2D eigenvalue weighted by molar-refractivity contribution is -0.0429. The number of nitrogens with one attached hydrogen (secondary N) is 1. The Bertz CT molecular complexity index is 988. The Hall–Kier alpha value is -2.55. The summed E-state index contributed by atoms with van der Waals surface area (Å²) in [6.45, 7) is 2.14. The van der Waals surface area contributed by atoms with Crippen LogP contribution in [0.3, 0.4) is 0 Å². The summed E-state index contributed by atoms with van der Waals surface area (Å²) in [6, 6.07) is 11.5.